The molecule has 0 spiro atoms. The molecule has 4 rings (SSSR count). The summed E-state index contributed by atoms with van der Waals surface area (Å²) < 4.78 is 45.9. The molecule has 0 bridgehead atoms. The van der Waals surface area contributed by atoms with E-state index in [1.807, 2.05) is 0 Å². The van der Waals surface area contributed by atoms with Crippen molar-refractivity contribution in [2.24, 2.45) is 0 Å². The Labute approximate surface area is 168 Å². The molecular weight excluding hydrogens is 399 g/mol. The van der Waals surface area contributed by atoms with Gasteiger partial charge in [-0.3, -0.25) is 4.79 Å². The average Bonchev–Trinajstić information content (AvgIpc) is 3.39. The minimum Gasteiger partial charge on any atom is -0.334 e. The van der Waals surface area contributed by atoms with Crippen molar-refractivity contribution >= 4 is 11.6 Å². The third-order valence-corrected chi connectivity index (χ3v) is 4.24. The highest BCUT2D eigenvalue weighted by Crippen LogP contribution is 2.33. The summed E-state index contributed by atoms with van der Waals surface area (Å²) >= 11 is 0. The average molecular weight is 413 g/mol. The lowest BCUT2D eigenvalue weighted by Gasteiger charge is -2.15. The zero-order valence-corrected chi connectivity index (χ0v) is 15.5. The van der Waals surface area contributed by atoms with Crippen LogP contribution < -0.4 is 5.32 Å². The number of alkyl halides is 3. The number of anilines is 1. The Kier molecular flexibility index (Phi) is 4.82. The van der Waals surface area contributed by atoms with Crippen LogP contribution in [0.15, 0.2) is 65.4 Å². The quantitative estimate of drug-likeness (QED) is 0.532. The highest BCUT2D eigenvalue weighted by molar-refractivity contribution is 6.05. The number of nitrogens with zero attached hydrogens (tertiary/aromatic N) is 4. The summed E-state index contributed by atoms with van der Waals surface area (Å²) in [6, 6.07) is 11.0. The molecule has 2 heterocycles. The topological polar surface area (TPSA) is 85.8 Å². The lowest BCUT2D eigenvalue weighted by molar-refractivity contribution is -0.137. The maximum atomic E-state index is 13.2. The van der Waals surface area contributed by atoms with E-state index in [1.54, 1.807) is 31.3 Å². The molecule has 4 aromatic rings. The molecule has 7 nitrogen and oxygen atoms in total. The standard InChI is InChI=1S/C20H14F3N5O2/c1-12-25-19(30-27-12)14-5-3-13(4-6-14)18(29)26-16-11-15(20(21,22)23)7-8-17(16)28-10-2-9-24-28/h2-11H,1H3,(H,26,29). The van der Waals surface area contributed by atoms with Gasteiger partial charge in [-0.05, 0) is 55.5 Å². The fourth-order valence-electron chi connectivity index (χ4n) is 2.80. The second-order valence-corrected chi connectivity index (χ2v) is 6.36. The number of aryl methyl sites for hydroxylation is 1. The maximum Gasteiger partial charge on any atom is 0.416 e. The van der Waals surface area contributed by atoms with Gasteiger partial charge in [-0.25, -0.2) is 4.68 Å². The van der Waals surface area contributed by atoms with Gasteiger partial charge in [-0.2, -0.15) is 23.3 Å². The highest BCUT2D eigenvalue weighted by Gasteiger charge is 2.31. The monoisotopic (exact) mass is 413 g/mol. The summed E-state index contributed by atoms with van der Waals surface area (Å²) in [5.41, 5.74) is 0.271. The van der Waals surface area contributed by atoms with Crippen molar-refractivity contribution < 1.29 is 22.5 Å². The third kappa shape index (κ3) is 3.93. The van der Waals surface area contributed by atoms with Gasteiger partial charge in [0.1, 0.15) is 0 Å². The molecule has 0 radical (unpaired) electrons. The SMILES string of the molecule is Cc1noc(-c2ccc(C(=O)Nc3cc(C(F)(F)F)ccc3-n3cccn3)cc2)n1. The molecule has 1 amide bonds. The van der Waals surface area contributed by atoms with Crippen LogP contribution in [0.4, 0.5) is 18.9 Å². The number of hydrogen-bond donors (Lipinski definition) is 1. The fraction of sp³-hybridized carbons (Fsp3) is 0.100. The number of benzene rings is 2. The smallest absolute Gasteiger partial charge is 0.334 e. The number of nitrogens with one attached hydrogen (secondary N) is 1. The Morgan fingerprint density at radius 1 is 1.13 bits per heavy atom. The molecule has 10 heteroatoms. The number of rotatable bonds is 4. The Morgan fingerprint density at radius 2 is 1.90 bits per heavy atom. The van der Waals surface area contributed by atoms with Gasteiger partial charge in [0.25, 0.3) is 11.8 Å². The zero-order chi connectivity index (χ0) is 21.3. The summed E-state index contributed by atoms with van der Waals surface area (Å²) in [6.07, 6.45) is -1.49. The van der Waals surface area contributed by atoms with Crippen LogP contribution in [0.3, 0.4) is 0 Å². The van der Waals surface area contributed by atoms with E-state index in [-0.39, 0.29) is 11.3 Å². The van der Waals surface area contributed by atoms with Gasteiger partial charge >= 0.3 is 6.18 Å². The zero-order valence-electron chi connectivity index (χ0n) is 15.5. The second kappa shape index (κ2) is 7.47. The lowest BCUT2D eigenvalue weighted by atomic mass is 10.1. The summed E-state index contributed by atoms with van der Waals surface area (Å²) in [6.45, 7) is 1.68. The molecule has 0 atom stereocenters. The predicted octanol–water partition coefficient (Wildman–Crippen LogP) is 4.50. The first-order valence-corrected chi connectivity index (χ1v) is 8.74. The van der Waals surface area contributed by atoms with Crippen molar-refractivity contribution in [1.82, 2.24) is 19.9 Å². The second-order valence-electron chi connectivity index (χ2n) is 6.36. The van der Waals surface area contributed by atoms with E-state index in [2.05, 4.69) is 20.6 Å². The Bertz CT molecular complexity index is 1180. The summed E-state index contributed by atoms with van der Waals surface area (Å²) in [4.78, 5) is 16.8. The number of carbonyl (C=O) groups is 1. The molecule has 0 aliphatic heterocycles. The van der Waals surface area contributed by atoms with E-state index < -0.39 is 17.6 Å². The number of halogens is 3. The number of hydrogen-bond acceptors (Lipinski definition) is 5. The molecule has 152 valence electrons. The number of aromatic nitrogens is 4. The van der Waals surface area contributed by atoms with E-state index in [4.69, 9.17) is 4.52 Å². The van der Waals surface area contributed by atoms with Crippen LogP contribution in [0.25, 0.3) is 17.1 Å². The Morgan fingerprint density at radius 3 is 2.50 bits per heavy atom. The minimum atomic E-state index is -4.55. The molecule has 30 heavy (non-hydrogen) atoms. The Hall–Kier alpha value is -3.95. The molecule has 2 aromatic heterocycles. The highest BCUT2D eigenvalue weighted by atomic mass is 19.4. The number of carbonyl (C=O) groups excluding carboxylic acids is 1. The third-order valence-electron chi connectivity index (χ3n) is 4.24. The van der Waals surface area contributed by atoms with Gasteiger partial charge in [0.2, 0.25) is 0 Å². The van der Waals surface area contributed by atoms with Crippen molar-refractivity contribution in [3.05, 3.63) is 77.9 Å². The summed E-state index contributed by atoms with van der Waals surface area (Å²) in [5, 5.41) is 10.3. The van der Waals surface area contributed by atoms with Crippen LogP contribution in [-0.2, 0) is 6.18 Å². The van der Waals surface area contributed by atoms with Gasteiger partial charge in [-0.15, -0.1) is 0 Å². The Balaban J connectivity index is 1.63. The molecular formula is C20H14F3N5O2. The van der Waals surface area contributed by atoms with Crippen LogP contribution in [0, 0.1) is 6.92 Å². The molecule has 0 saturated heterocycles. The molecule has 2 aromatic carbocycles. The van der Waals surface area contributed by atoms with Gasteiger partial charge in [0.15, 0.2) is 5.82 Å². The van der Waals surface area contributed by atoms with Crippen LogP contribution in [-0.4, -0.2) is 25.8 Å². The number of amides is 1. The van der Waals surface area contributed by atoms with E-state index in [1.165, 1.54) is 29.1 Å². The summed E-state index contributed by atoms with van der Waals surface area (Å²) in [5.74, 6) is 0.205. The van der Waals surface area contributed by atoms with Crippen LogP contribution in [0.2, 0.25) is 0 Å². The molecule has 0 saturated carbocycles. The minimum absolute atomic E-state index is 0.0184. The summed E-state index contributed by atoms with van der Waals surface area (Å²) in [7, 11) is 0. The first-order valence-electron chi connectivity index (χ1n) is 8.74. The van der Waals surface area contributed by atoms with Crippen LogP contribution in [0.5, 0.6) is 0 Å². The van der Waals surface area contributed by atoms with E-state index >= 15 is 0 Å². The molecule has 0 fully saturated rings. The van der Waals surface area contributed by atoms with Crippen LogP contribution in [0.1, 0.15) is 21.7 Å². The maximum absolute atomic E-state index is 13.2. The van der Waals surface area contributed by atoms with Crippen molar-refractivity contribution in [1.29, 1.82) is 0 Å². The molecule has 1 N–H and O–H groups in total. The van der Waals surface area contributed by atoms with E-state index in [0.717, 1.165) is 12.1 Å². The van der Waals surface area contributed by atoms with Crippen molar-refractivity contribution in [2.75, 3.05) is 5.32 Å². The van der Waals surface area contributed by atoms with Crippen molar-refractivity contribution in [3.63, 3.8) is 0 Å². The van der Waals surface area contributed by atoms with Crippen LogP contribution >= 0.6 is 0 Å². The van der Waals surface area contributed by atoms with Crippen molar-refractivity contribution in [3.8, 4) is 17.1 Å². The largest absolute Gasteiger partial charge is 0.416 e. The first-order chi connectivity index (χ1) is 14.3. The predicted molar refractivity (Wildman–Crippen MR) is 101 cm³/mol. The molecule has 0 aliphatic carbocycles. The van der Waals surface area contributed by atoms with Gasteiger partial charge in [0.05, 0.1) is 16.9 Å². The van der Waals surface area contributed by atoms with Gasteiger partial charge < -0.3 is 9.84 Å². The lowest BCUT2D eigenvalue weighted by Crippen LogP contribution is -2.15. The first kappa shape index (κ1) is 19.4. The van der Waals surface area contributed by atoms with E-state index in [0.29, 0.717) is 23.0 Å². The fourth-order valence-corrected chi connectivity index (χ4v) is 2.80. The van der Waals surface area contributed by atoms with Gasteiger partial charge in [-0.1, -0.05) is 5.16 Å². The molecule has 0 aliphatic rings. The molecule has 0 unspecified atom stereocenters. The van der Waals surface area contributed by atoms with Crippen molar-refractivity contribution in [2.45, 2.75) is 13.1 Å². The van der Waals surface area contributed by atoms with E-state index in [9.17, 15) is 18.0 Å². The van der Waals surface area contributed by atoms with Gasteiger partial charge in [0, 0.05) is 23.5 Å². The normalized spacial score (nSPS) is 11.5.